The highest BCUT2D eigenvalue weighted by Gasteiger charge is 2.51. The molecule has 39 heavy (non-hydrogen) atoms. The highest BCUT2D eigenvalue weighted by molar-refractivity contribution is 5.66. The Morgan fingerprint density at radius 1 is 1.05 bits per heavy atom. The van der Waals surface area contributed by atoms with E-state index in [2.05, 4.69) is 33.4 Å². The van der Waals surface area contributed by atoms with E-state index in [1.165, 1.54) is 12.5 Å². The van der Waals surface area contributed by atoms with Crippen LogP contribution in [0.3, 0.4) is 0 Å². The number of carbonyl (C=O) groups excluding carboxylic acids is 1. The van der Waals surface area contributed by atoms with Gasteiger partial charge in [0.05, 0.1) is 41.2 Å². The summed E-state index contributed by atoms with van der Waals surface area (Å²) >= 11 is 0. The highest BCUT2D eigenvalue weighted by atomic mass is 16.6. The normalized spacial score (nSPS) is 35.4. The minimum Gasteiger partial charge on any atom is -0.459 e. The molecule has 3 saturated heterocycles. The number of hydrogen-bond donors (Lipinski definition) is 2. The van der Waals surface area contributed by atoms with Gasteiger partial charge in [0, 0.05) is 6.92 Å². The molecule has 3 aliphatic rings. The Hall–Kier alpha value is -1.25. The summed E-state index contributed by atoms with van der Waals surface area (Å²) in [6.45, 7) is 19.4. The molecule has 0 aromatic carbocycles. The van der Waals surface area contributed by atoms with Gasteiger partial charge in [-0.1, -0.05) is 18.2 Å². The fourth-order valence-electron chi connectivity index (χ4n) is 6.50. The van der Waals surface area contributed by atoms with Crippen LogP contribution in [-0.2, 0) is 23.7 Å². The lowest BCUT2D eigenvalue weighted by Crippen LogP contribution is -2.58. The van der Waals surface area contributed by atoms with Crippen molar-refractivity contribution in [3.8, 4) is 0 Å². The van der Waals surface area contributed by atoms with Crippen molar-refractivity contribution in [1.29, 1.82) is 0 Å². The number of ether oxygens (including phenoxy) is 4. The zero-order chi connectivity index (χ0) is 29.2. The molecule has 2 N–H and O–H groups in total. The molecule has 3 rings (SSSR count). The van der Waals surface area contributed by atoms with Gasteiger partial charge in [0.1, 0.15) is 11.7 Å². The molecule has 8 atom stereocenters. The molecule has 7 heteroatoms. The van der Waals surface area contributed by atoms with Crippen LogP contribution in [0.5, 0.6) is 0 Å². The predicted molar refractivity (Wildman–Crippen MR) is 152 cm³/mol. The Kier molecular flexibility index (Phi) is 10.2. The Bertz CT molecular complexity index is 899. The van der Waals surface area contributed by atoms with Crippen molar-refractivity contribution >= 4 is 5.97 Å². The monoisotopic (exact) mass is 550 g/mol. The van der Waals surface area contributed by atoms with Gasteiger partial charge in [0.15, 0.2) is 0 Å². The maximum atomic E-state index is 12.0. The lowest BCUT2D eigenvalue weighted by molar-refractivity contribution is -0.258. The third-order valence-electron chi connectivity index (χ3n) is 9.19. The van der Waals surface area contributed by atoms with Crippen LogP contribution in [0.15, 0.2) is 23.8 Å². The molecule has 224 valence electrons. The molecule has 0 aromatic heterocycles. The lowest BCUT2D eigenvalue weighted by atomic mass is 9.78. The van der Waals surface area contributed by atoms with Crippen molar-refractivity contribution in [3.63, 3.8) is 0 Å². The number of rotatable bonds is 11. The van der Waals surface area contributed by atoms with E-state index in [9.17, 15) is 15.0 Å². The van der Waals surface area contributed by atoms with Crippen LogP contribution >= 0.6 is 0 Å². The molecule has 0 amide bonds. The average Bonchev–Trinajstić information content (AvgIpc) is 3.23. The average molecular weight is 551 g/mol. The maximum absolute atomic E-state index is 12.0. The summed E-state index contributed by atoms with van der Waals surface area (Å²) < 4.78 is 25.2. The number of fused-ring (bicyclic) bond motifs is 1. The standard InChI is InChI=1S/C32H54O7/c1-21(2)11-10-18-30(7,35)26-17-20-31(8)28(37-26)15-13-24(38-31)22(3)12-14-27(36-23(4)33)32(9)19-16-25(39-32)29(5,6)34/h11,24-28,34-35H,3,10,12-20H2,1-2,4-9H3/t24-,25-,26-,27-,28-,30+,31+,32+/m1/s1. The van der Waals surface area contributed by atoms with E-state index in [1.54, 1.807) is 13.8 Å². The first-order chi connectivity index (χ1) is 17.9. The summed E-state index contributed by atoms with van der Waals surface area (Å²) in [5, 5.41) is 21.6. The smallest absolute Gasteiger partial charge is 0.303 e. The van der Waals surface area contributed by atoms with Gasteiger partial charge in [-0.05, 0) is 118 Å². The van der Waals surface area contributed by atoms with Gasteiger partial charge < -0.3 is 29.2 Å². The zero-order valence-electron chi connectivity index (χ0n) is 25.7. The van der Waals surface area contributed by atoms with Crippen LogP contribution in [0, 0.1) is 0 Å². The van der Waals surface area contributed by atoms with Crippen LogP contribution < -0.4 is 0 Å². The van der Waals surface area contributed by atoms with Gasteiger partial charge in [-0.25, -0.2) is 0 Å². The predicted octanol–water partition coefficient (Wildman–Crippen LogP) is 5.95. The van der Waals surface area contributed by atoms with Gasteiger partial charge in [0.25, 0.3) is 0 Å². The number of allylic oxidation sites excluding steroid dienone is 2. The van der Waals surface area contributed by atoms with Crippen molar-refractivity contribution in [2.45, 2.75) is 173 Å². The minimum atomic E-state index is -0.954. The second-order valence-corrected chi connectivity index (χ2v) is 13.7. The largest absolute Gasteiger partial charge is 0.459 e. The third kappa shape index (κ3) is 8.16. The first-order valence-corrected chi connectivity index (χ1v) is 14.9. The minimum absolute atomic E-state index is 0.0615. The fraction of sp³-hybridized carbons (Fsp3) is 0.844. The van der Waals surface area contributed by atoms with Crippen LogP contribution in [0.25, 0.3) is 0 Å². The summed E-state index contributed by atoms with van der Waals surface area (Å²) in [5.41, 5.74) is -0.656. The highest BCUT2D eigenvalue weighted by Crippen LogP contribution is 2.45. The van der Waals surface area contributed by atoms with E-state index in [4.69, 9.17) is 18.9 Å². The molecule has 0 spiro atoms. The first kappa shape index (κ1) is 32.3. The second-order valence-electron chi connectivity index (χ2n) is 13.7. The van der Waals surface area contributed by atoms with Gasteiger partial charge >= 0.3 is 5.97 Å². The molecule has 7 nitrogen and oxygen atoms in total. The Labute approximate surface area is 236 Å². The zero-order valence-corrected chi connectivity index (χ0v) is 25.7. The molecule has 0 bridgehead atoms. The van der Waals surface area contributed by atoms with Crippen molar-refractivity contribution < 1.29 is 34.0 Å². The number of hydrogen-bond acceptors (Lipinski definition) is 7. The van der Waals surface area contributed by atoms with Gasteiger partial charge in [0.2, 0.25) is 0 Å². The molecule has 3 aliphatic heterocycles. The molecule has 0 saturated carbocycles. The van der Waals surface area contributed by atoms with E-state index < -0.39 is 28.5 Å². The SMILES string of the molecule is C=C(CC[C@@H](OC(C)=O)[C@]1(C)CC[C@H](C(C)(C)O)O1)[C@H]1CC[C@H]2O[C@@H]([C@@](C)(O)CCC=C(C)C)CC[C@]2(C)O1. The van der Waals surface area contributed by atoms with Crippen molar-refractivity contribution in [2.75, 3.05) is 0 Å². The summed E-state index contributed by atoms with van der Waals surface area (Å²) in [5.74, 6) is -0.336. The van der Waals surface area contributed by atoms with Crippen molar-refractivity contribution in [3.05, 3.63) is 23.8 Å². The fourth-order valence-corrected chi connectivity index (χ4v) is 6.50. The molecule has 0 radical (unpaired) electrons. The molecule has 3 heterocycles. The van der Waals surface area contributed by atoms with Crippen LogP contribution in [-0.4, -0.2) is 69.1 Å². The number of aliphatic hydroxyl groups is 2. The van der Waals surface area contributed by atoms with E-state index in [-0.39, 0.29) is 30.4 Å². The van der Waals surface area contributed by atoms with E-state index in [1.807, 2.05) is 13.8 Å². The maximum Gasteiger partial charge on any atom is 0.303 e. The van der Waals surface area contributed by atoms with E-state index in [0.29, 0.717) is 32.1 Å². The van der Waals surface area contributed by atoms with Gasteiger partial charge in [-0.15, -0.1) is 0 Å². The topological polar surface area (TPSA) is 94.5 Å². The third-order valence-corrected chi connectivity index (χ3v) is 9.19. The molecule has 0 unspecified atom stereocenters. The summed E-state index contributed by atoms with van der Waals surface area (Å²) in [6.07, 6.45) is 8.48. The number of carbonyl (C=O) groups is 1. The van der Waals surface area contributed by atoms with E-state index in [0.717, 1.165) is 37.7 Å². The molecular formula is C32H54O7. The summed E-state index contributed by atoms with van der Waals surface area (Å²) in [4.78, 5) is 12.0. The molecular weight excluding hydrogens is 496 g/mol. The lowest BCUT2D eigenvalue weighted by Gasteiger charge is -2.52. The second kappa shape index (κ2) is 12.3. The van der Waals surface area contributed by atoms with E-state index >= 15 is 0 Å². The molecule has 0 aliphatic carbocycles. The van der Waals surface area contributed by atoms with Gasteiger partial charge in [-0.3, -0.25) is 4.79 Å². The van der Waals surface area contributed by atoms with Crippen molar-refractivity contribution in [2.24, 2.45) is 0 Å². The quantitative estimate of drug-likeness (QED) is 0.243. The Balaban J connectivity index is 1.57. The summed E-state index contributed by atoms with van der Waals surface area (Å²) in [6, 6.07) is 0. The molecule has 3 fully saturated rings. The molecule has 0 aromatic rings. The van der Waals surface area contributed by atoms with Crippen molar-refractivity contribution in [1.82, 2.24) is 0 Å². The van der Waals surface area contributed by atoms with Gasteiger partial charge in [-0.2, -0.15) is 0 Å². The number of esters is 1. The Morgan fingerprint density at radius 2 is 1.72 bits per heavy atom. The van der Waals surface area contributed by atoms with Crippen LogP contribution in [0.1, 0.15) is 120 Å². The summed E-state index contributed by atoms with van der Waals surface area (Å²) in [7, 11) is 0. The Morgan fingerprint density at radius 3 is 2.31 bits per heavy atom. The van der Waals surface area contributed by atoms with Crippen LogP contribution in [0.2, 0.25) is 0 Å². The first-order valence-electron chi connectivity index (χ1n) is 14.9. The van der Waals surface area contributed by atoms with Crippen LogP contribution in [0.4, 0.5) is 0 Å².